The van der Waals surface area contributed by atoms with E-state index in [1.807, 2.05) is 0 Å². The Labute approximate surface area is 84.2 Å². The van der Waals surface area contributed by atoms with Gasteiger partial charge in [-0.3, -0.25) is 4.79 Å². The molecule has 0 aromatic heterocycles. The molecule has 0 aromatic carbocycles. The van der Waals surface area contributed by atoms with Crippen LogP contribution < -0.4 is 5.73 Å². The first-order chi connectivity index (χ1) is 6.50. The van der Waals surface area contributed by atoms with Gasteiger partial charge < -0.3 is 20.3 Å². The van der Waals surface area contributed by atoms with E-state index in [0.717, 1.165) is 6.42 Å². The number of carboxylic acid groups (broad SMARTS) is 1. The van der Waals surface area contributed by atoms with Gasteiger partial charge in [-0.2, -0.15) is 0 Å². The lowest BCUT2D eigenvalue weighted by Gasteiger charge is -2.18. The van der Waals surface area contributed by atoms with E-state index in [1.54, 1.807) is 7.11 Å². The third-order valence-corrected chi connectivity index (χ3v) is 1.89. The van der Waals surface area contributed by atoms with Crippen LogP contribution >= 0.6 is 0 Å². The predicted octanol–water partition coefficient (Wildman–Crippen LogP) is 0.232. The average molecular weight is 205 g/mol. The molecule has 3 N–H and O–H groups in total. The van der Waals surface area contributed by atoms with Crippen molar-refractivity contribution in [3.8, 4) is 0 Å². The normalized spacial score (nSPS) is 15.1. The van der Waals surface area contributed by atoms with E-state index in [2.05, 4.69) is 0 Å². The molecule has 1 unspecified atom stereocenters. The molecule has 1 atom stereocenters. The van der Waals surface area contributed by atoms with Crippen LogP contribution in [0.2, 0.25) is 0 Å². The standard InChI is InChI=1S/C9H19NO4/c1-9(10,8(11)12)4-7-14-6-3-5-13-2/h3-7,10H2,1-2H3,(H,11,12). The Kier molecular flexibility index (Phi) is 6.44. The number of rotatable bonds is 8. The summed E-state index contributed by atoms with van der Waals surface area (Å²) >= 11 is 0. The van der Waals surface area contributed by atoms with Gasteiger partial charge in [0.05, 0.1) is 0 Å². The first-order valence-electron chi connectivity index (χ1n) is 4.59. The Morgan fingerprint density at radius 1 is 1.43 bits per heavy atom. The number of carboxylic acids is 1. The van der Waals surface area contributed by atoms with Crippen molar-refractivity contribution in [2.24, 2.45) is 5.73 Å². The maximum Gasteiger partial charge on any atom is 0.323 e. The molecule has 0 saturated carbocycles. The van der Waals surface area contributed by atoms with Crippen molar-refractivity contribution in [1.29, 1.82) is 0 Å². The van der Waals surface area contributed by atoms with Crippen LogP contribution in [0.4, 0.5) is 0 Å². The number of hydrogen-bond donors (Lipinski definition) is 2. The molecule has 0 rings (SSSR count). The average Bonchev–Trinajstić information content (AvgIpc) is 2.10. The van der Waals surface area contributed by atoms with E-state index in [-0.39, 0.29) is 0 Å². The van der Waals surface area contributed by atoms with Crippen molar-refractivity contribution >= 4 is 5.97 Å². The van der Waals surface area contributed by atoms with Gasteiger partial charge in [0.2, 0.25) is 0 Å². The zero-order valence-electron chi connectivity index (χ0n) is 8.78. The molecule has 0 radical (unpaired) electrons. The van der Waals surface area contributed by atoms with Crippen LogP contribution in [0.15, 0.2) is 0 Å². The van der Waals surface area contributed by atoms with Crippen molar-refractivity contribution in [2.75, 3.05) is 26.9 Å². The molecule has 84 valence electrons. The molecule has 0 aliphatic heterocycles. The lowest BCUT2D eigenvalue weighted by Crippen LogP contribution is -2.45. The first kappa shape index (κ1) is 13.4. The molecule has 0 fully saturated rings. The Hall–Kier alpha value is -0.650. The minimum absolute atomic E-state index is 0.315. The molecular formula is C9H19NO4. The fraction of sp³-hybridized carbons (Fsp3) is 0.889. The second-order valence-electron chi connectivity index (χ2n) is 3.43. The largest absolute Gasteiger partial charge is 0.480 e. The van der Waals surface area contributed by atoms with Gasteiger partial charge in [0.15, 0.2) is 0 Å². The molecule has 5 heteroatoms. The Bertz CT molecular complexity index is 170. The number of ether oxygens (including phenoxy) is 2. The highest BCUT2D eigenvalue weighted by Crippen LogP contribution is 2.05. The summed E-state index contributed by atoms with van der Waals surface area (Å²) in [4.78, 5) is 10.6. The minimum Gasteiger partial charge on any atom is -0.480 e. The molecule has 0 spiro atoms. The van der Waals surface area contributed by atoms with E-state index in [4.69, 9.17) is 20.3 Å². The van der Waals surface area contributed by atoms with Gasteiger partial charge in [-0.25, -0.2) is 0 Å². The Morgan fingerprint density at radius 3 is 2.57 bits per heavy atom. The summed E-state index contributed by atoms with van der Waals surface area (Å²) in [6, 6.07) is 0. The zero-order chi connectivity index (χ0) is 11.0. The summed E-state index contributed by atoms with van der Waals surface area (Å²) < 4.78 is 10.0. The van der Waals surface area contributed by atoms with Gasteiger partial charge in [0.1, 0.15) is 5.54 Å². The molecule has 14 heavy (non-hydrogen) atoms. The van der Waals surface area contributed by atoms with Crippen molar-refractivity contribution in [3.63, 3.8) is 0 Å². The molecule has 0 bridgehead atoms. The maximum atomic E-state index is 10.6. The summed E-state index contributed by atoms with van der Waals surface area (Å²) in [5, 5.41) is 8.68. The van der Waals surface area contributed by atoms with Gasteiger partial charge >= 0.3 is 5.97 Å². The van der Waals surface area contributed by atoms with Crippen LogP contribution in [0.3, 0.4) is 0 Å². The molecule has 0 heterocycles. The second-order valence-corrected chi connectivity index (χ2v) is 3.43. The van der Waals surface area contributed by atoms with E-state index in [9.17, 15) is 4.79 Å². The van der Waals surface area contributed by atoms with Gasteiger partial charge in [-0.15, -0.1) is 0 Å². The minimum atomic E-state index is -1.19. The van der Waals surface area contributed by atoms with Crippen molar-refractivity contribution in [3.05, 3.63) is 0 Å². The monoisotopic (exact) mass is 205 g/mol. The summed E-state index contributed by atoms with van der Waals surface area (Å²) in [7, 11) is 1.63. The van der Waals surface area contributed by atoms with E-state index in [0.29, 0.717) is 26.2 Å². The smallest absolute Gasteiger partial charge is 0.323 e. The number of aliphatic carboxylic acids is 1. The van der Waals surface area contributed by atoms with Crippen LogP contribution in [-0.2, 0) is 14.3 Å². The van der Waals surface area contributed by atoms with Crippen LogP contribution in [-0.4, -0.2) is 43.5 Å². The maximum absolute atomic E-state index is 10.6. The van der Waals surface area contributed by atoms with Crippen molar-refractivity contribution < 1.29 is 19.4 Å². The fourth-order valence-electron chi connectivity index (χ4n) is 0.799. The third-order valence-electron chi connectivity index (χ3n) is 1.89. The Morgan fingerprint density at radius 2 is 2.07 bits per heavy atom. The highest BCUT2D eigenvalue weighted by atomic mass is 16.5. The van der Waals surface area contributed by atoms with Crippen LogP contribution in [0, 0.1) is 0 Å². The SMILES string of the molecule is COCCCOCCC(C)(N)C(=O)O. The van der Waals surface area contributed by atoms with Gasteiger partial charge in [0.25, 0.3) is 0 Å². The highest BCUT2D eigenvalue weighted by molar-refractivity contribution is 5.77. The predicted molar refractivity (Wildman–Crippen MR) is 52.2 cm³/mol. The number of nitrogens with two attached hydrogens (primary N) is 1. The summed E-state index contributed by atoms with van der Waals surface area (Å²) in [5.41, 5.74) is 4.30. The third kappa shape index (κ3) is 5.90. The van der Waals surface area contributed by atoms with Crippen molar-refractivity contribution in [2.45, 2.75) is 25.3 Å². The molecule has 5 nitrogen and oxygen atoms in total. The first-order valence-corrected chi connectivity index (χ1v) is 4.59. The Balaban J connectivity index is 3.40. The van der Waals surface area contributed by atoms with Crippen LogP contribution in [0.1, 0.15) is 19.8 Å². The number of hydrogen-bond acceptors (Lipinski definition) is 4. The van der Waals surface area contributed by atoms with Crippen LogP contribution in [0.5, 0.6) is 0 Å². The van der Waals surface area contributed by atoms with Gasteiger partial charge in [-0.05, 0) is 19.8 Å². The van der Waals surface area contributed by atoms with Crippen molar-refractivity contribution in [1.82, 2.24) is 0 Å². The molecule has 0 amide bonds. The lowest BCUT2D eigenvalue weighted by molar-refractivity contribution is -0.143. The molecule has 0 saturated heterocycles. The molecular weight excluding hydrogens is 186 g/mol. The van der Waals surface area contributed by atoms with E-state index < -0.39 is 11.5 Å². The number of carbonyl (C=O) groups is 1. The molecule has 0 aromatic rings. The van der Waals surface area contributed by atoms with E-state index in [1.165, 1.54) is 6.92 Å². The number of methoxy groups -OCH3 is 1. The topological polar surface area (TPSA) is 81.8 Å². The second kappa shape index (κ2) is 6.75. The summed E-state index contributed by atoms with van der Waals surface area (Å²) in [6.07, 6.45) is 1.13. The van der Waals surface area contributed by atoms with E-state index >= 15 is 0 Å². The summed E-state index contributed by atoms with van der Waals surface area (Å²) in [6.45, 7) is 3.07. The zero-order valence-corrected chi connectivity index (χ0v) is 8.78. The summed E-state index contributed by atoms with van der Waals surface area (Å²) in [5.74, 6) is -1.00. The molecule has 0 aliphatic rings. The van der Waals surface area contributed by atoms with Gasteiger partial charge in [0, 0.05) is 26.9 Å². The molecule has 0 aliphatic carbocycles. The lowest BCUT2D eigenvalue weighted by atomic mass is 10.0. The van der Waals surface area contributed by atoms with Gasteiger partial charge in [-0.1, -0.05) is 0 Å². The fourth-order valence-corrected chi connectivity index (χ4v) is 0.799. The van der Waals surface area contributed by atoms with Crippen LogP contribution in [0.25, 0.3) is 0 Å². The quantitative estimate of drug-likeness (QED) is 0.554. The highest BCUT2D eigenvalue weighted by Gasteiger charge is 2.27.